The lowest BCUT2D eigenvalue weighted by molar-refractivity contribution is -0.146. The van der Waals surface area contributed by atoms with E-state index in [0.717, 1.165) is 5.56 Å². The van der Waals surface area contributed by atoms with Crippen molar-refractivity contribution in [3.8, 4) is 6.07 Å². The summed E-state index contributed by atoms with van der Waals surface area (Å²) in [6.07, 6.45) is 0. The number of amides is 2. The van der Waals surface area contributed by atoms with Crippen LogP contribution in [0.25, 0.3) is 0 Å². The second-order valence-corrected chi connectivity index (χ2v) is 9.53. The van der Waals surface area contributed by atoms with E-state index in [9.17, 15) is 22.8 Å². The number of carbonyl (C=O) groups is 3. The van der Waals surface area contributed by atoms with Crippen molar-refractivity contribution in [2.45, 2.75) is 17.9 Å². The predicted octanol–water partition coefficient (Wildman–Crippen LogP) is 2.51. The zero-order valence-corrected chi connectivity index (χ0v) is 20.6. The molecule has 0 aliphatic heterocycles. The number of para-hydroxylation sites is 1. The molecule has 3 aromatic carbocycles. The molecule has 0 aliphatic carbocycles. The summed E-state index contributed by atoms with van der Waals surface area (Å²) in [7, 11) is -4.15. The smallest absolute Gasteiger partial charge is 0.321 e. The van der Waals surface area contributed by atoms with Crippen LogP contribution >= 0.6 is 0 Å². The van der Waals surface area contributed by atoms with Gasteiger partial charge < -0.3 is 15.4 Å². The number of benzene rings is 3. The highest BCUT2D eigenvalue weighted by Gasteiger charge is 2.20. The average Bonchev–Trinajstić information content (AvgIpc) is 2.91. The Labute approximate surface area is 214 Å². The highest BCUT2D eigenvalue weighted by molar-refractivity contribution is 7.89. The molecule has 0 fully saturated rings. The van der Waals surface area contributed by atoms with Gasteiger partial charge in [-0.15, -0.1) is 0 Å². The molecule has 1 atom stereocenters. The van der Waals surface area contributed by atoms with Gasteiger partial charge in [-0.2, -0.15) is 9.98 Å². The van der Waals surface area contributed by atoms with E-state index in [1.165, 1.54) is 30.3 Å². The fourth-order valence-electron chi connectivity index (χ4n) is 3.30. The summed E-state index contributed by atoms with van der Waals surface area (Å²) in [6, 6.07) is 22.7. The average molecular weight is 521 g/mol. The molecule has 2 amide bonds. The maximum atomic E-state index is 12.8. The lowest BCUT2D eigenvalue weighted by atomic mass is 10.1. The van der Waals surface area contributed by atoms with Crippen molar-refractivity contribution in [2.24, 2.45) is 0 Å². The van der Waals surface area contributed by atoms with Crippen LogP contribution in [0.15, 0.2) is 83.8 Å². The van der Waals surface area contributed by atoms with Gasteiger partial charge in [-0.1, -0.05) is 54.6 Å². The number of carbonyl (C=O) groups excluding carboxylic acids is 3. The van der Waals surface area contributed by atoms with E-state index >= 15 is 0 Å². The molecule has 0 heterocycles. The lowest BCUT2D eigenvalue weighted by Gasteiger charge is -2.16. The standard InChI is InChI=1S/C26H24N4O6S/c1-18(19-9-3-2-4-10-19)29-26(33)21-12-6-7-13-22(21)30-24(31)17-36-25(32)16-28-37(34,35)23-14-8-5-11-20(23)15-27/h2-14,18,28H,16-17H2,1H3,(H,29,33)(H,30,31)/t18-/m1/s1. The van der Waals surface area contributed by atoms with E-state index in [1.54, 1.807) is 24.3 Å². The molecule has 190 valence electrons. The fraction of sp³-hybridized carbons (Fsp3) is 0.154. The van der Waals surface area contributed by atoms with Gasteiger partial charge in [0.05, 0.1) is 27.8 Å². The van der Waals surface area contributed by atoms with E-state index in [1.807, 2.05) is 42.0 Å². The van der Waals surface area contributed by atoms with Crippen LogP contribution in [-0.4, -0.2) is 39.4 Å². The van der Waals surface area contributed by atoms with Crippen molar-refractivity contribution in [1.29, 1.82) is 5.26 Å². The summed E-state index contributed by atoms with van der Waals surface area (Å²) in [6.45, 7) is 0.387. The monoisotopic (exact) mass is 520 g/mol. The summed E-state index contributed by atoms with van der Waals surface area (Å²) < 4.78 is 31.6. The van der Waals surface area contributed by atoms with E-state index < -0.39 is 41.0 Å². The number of esters is 1. The Morgan fingerprint density at radius 1 is 0.946 bits per heavy atom. The third kappa shape index (κ3) is 7.47. The first-order chi connectivity index (χ1) is 17.7. The Morgan fingerprint density at radius 3 is 2.32 bits per heavy atom. The van der Waals surface area contributed by atoms with E-state index in [-0.39, 0.29) is 27.8 Å². The molecule has 0 aromatic heterocycles. The first-order valence-corrected chi connectivity index (χ1v) is 12.6. The van der Waals surface area contributed by atoms with Gasteiger partial charge >= 0.3 is 5.97 Å². The lowest BCUT2D eigenvalue weighted by Crippen LogP contribution is -2.33. The van der Waals surface area contributed by atoms with Crippen molar-refractivity contribution in [3.05, 3.63) is 95.6 Å². The van der Waals surface area contributed by atoms with Crippen LogP contribution in [0.2, 0.25) is 0 Å². The summed E-state index contributed by atoms with van der Waals surface area (Å²) in [4.78, 5) is 36.9. The number of ether oxygens (including phenoxy) is 1. The first-order valence-electron chi connectivity index (χ1n) is 11.1. The molecule has 0 unspecified atom stereocenters. The van der Waals surface area contributed by atoms with Crippen molar-refractivity contribution >= 4 is 33.5 Å². The number of nitrogens with one attached hydrogen (secondary N) is 3. The molecule has 3 aromatic rings. The van der Waals surface area contributed by atoms with Gasteiger partial charge in [-0.25, -0.2) is 8.42 Å². The maximum Gasteiger partial charge on any atom is 0.321 e. The highest BCUT2D eigenvalue weighted by atomic mass is 32.2. The summed E-state index contributed by atoms with van der Waals surface area (Å²) >= 11 is 0. The van der Waals surface area contributed by atoms with Crippen LogP contribution < -0.4 is 15.4 Å². The number of nitrogens with zero attached hydrogens (tertiary/aromatic N) is 1. The van der Waals surface area contributed by atoms with Gasteiger partial charge in [0.1, 0.15) is 12.6 Å². The van der Waals surface area contributed by atoms with Crippen molar-refractivity contribution in [1.82, 2.24) is 10.0 Å². The van der Waals surface area contributed by atoms with Crippen LogP contribution in [0.1, 0.15) is 34.5 Å². The Hall–Kier alpha value is -4.53. The van der Waals surface area contributed by atoms with E-state index in [2.05, 4.69) is 10.6 Å². The number of rotatable bonds is 10. The van der Waals surface area contributed by atoms with Crippen molar-refractivity contribution < 1.29 is 27.5 Å². The number of hydrogen-bond acceptors (Lipinski definition) is 7. The predicted molar refractivity (Wildman–Crippen MR) is 135 cm³/mol. The molecule has 37 heavy (non-hydrogen) atoms. The third-order valence-corrected chi connectivity index (χ3v) is 6.62. The number of sulfonamides is 1. The topological polar surface area (TPSA) is 154 Å². The molecule has 0 saturated carbocycles. The summed E-state index contributed by atoms with van der Waals surface area (Å²) in [5, 5.41) is 14.5. The minimum atomic E-state index is -4.15. The molecular weight excluding hydrogens is 496 g/mol. The number of anilines is 1. The molecule has 0 saturated heterocycles. The van der Waals surface area contributed by atoms with Crippen LogP contribution in [0, 0.1) is 11.3 Å². The Kier molecular flexibility index (Phi) is 9.10. The third-order valence-electron chi connectivity index (χ3n) is 5.16. The maximum absolute atomic E-state index is 12.8. The van der Waals surface area contributed by atoms with Crippen LogP contribution in [0.5, 0.6) is 0 Å². The quantitative estimate of drug-likeness (QED) is 0.347. The molecule has 3 rings (SSSR count). The van der Waals surface area contributed by atoms with Gasteiger partial charge in [-0.05, 0) is 36.8 Å². The largest absolute Gasteiger partial charge is 0.455 e. The number of hydrogen-bond donors (Lipinski definition) is 3. The van der Waals surface area contributed by atoms with Gasteiger partial charge in [0.25, 0.3) is 11.8 Å². The Morgan fingerprint density at radius 2 is 1.59 bits per heavy atom. The molecule has 10 nitrogen and oxygen atoms in total. The second-order valence-electron chi connectivity index (χ2n) is 7.79. The zero-order valence-electron chi connectivity index (χ0n) is 19.8. The molecular formula is C26H24N4O6S. The Balaban J connectivity index is 1.54. The van der Waals surface area contributed by atoms with Crippen LogP contribution in [0.4, 0.5) is 5.69 Å². The normalized spacial score (nSPS) is 11.6. The van der Waals surface area contributed by atoms with Crippen molar-refractivity contribution in [3.63, 3.8) is 0 Å². The molecule has 0 radical (unpaired) electrons. The highest BCUT2D eigenvalue weighted by Crippen LogP contribution is 2.18. The fourth-order valence-corrected chi connectivity index (χ4v) is 4.42. The van der Waals surface area contributed by atoms with E-state index in [4.69, 9.17) is 10.00 Å². The van der Waals surface area contributed by atoms with Gasteiger partial charge in [-0.3, -0.25) is 14.4 Å². The summed E-state index contributed by atoms with van der Waals surface area (Å²) in [5.41, 5.74) is 1.27. The van der Waals surface area contributed by atoms with Crippen molar-refractivity contribution in [2.75, 3.05) is 18.5 Å². The molecule has 0 aliphatic rings. The molecule has 0 bridgehead atoms. The first kappa shape index (κ1) is 27.1. The molecule has 11 heteroatoms. The van der Waals surface area contributed by atoms with E-state index in [0.29, 0.717) is 0 Å². The van der Waals surface area contributed by atoms with Gasteiger partial charge in [0.15, 0.2) is 6.61 Å². The van der Waals surface area contributed by atoms with Gasteiger partial charge in [0, 0.05) is 0 Å². The zero-order chi connectivity index (χ0) is 26.8. The Bertz CT molecular complexity index is 1430. The minimum Gasteiger partial charge on any atom is -0.455 e. The molecule has 3 N–H and O–H groups in total. The minimum absolute atomic E-state index is 0.0800. The van der Waals surface area contributed by atoms with Gasteiger partial charge in [0.2, 0.25) is 10.0 Å². The second kappa shape index (κ2) is 12.4. The van der Waals surface area contributed by atoms with Crippen LogP contribution in [-0.2, 0) is 24.3 Å². The SMILES string of the molecule is C[C@@H](NC(=O)c1ccccc1NC(=O)COC(=O)CNS(=O)(=O)c1ccccc1C#N)c1ccccc1. The number of nitriles is 1. The molecule has 0 spiro atoms. The van der Waals surface area contributed by atoms with Crippen LogP contribution in [0.3, 0.4) is 0 Å². The summed E-state index contributed by atoms with van der Waals surface area (Å²) in [5.74, 6) is -2.13.